The van der Waals surface area contributed by atoms with Crippen LogP contribution in [-0.2, 0) is 0 Å². The van der Waals surface area contributed by atoms with E-state index in [4.69, 9.17) is 4.74 Å². The zero-order chi connectivity index (χ0) is 13.4. The van der Waals surface area contributed by atoms with Gasteiger partial charge in [0.05, 0.1) is 11.4 Å². The van der Waals surface area contributed by atoms with Gasteiger partial charge in [-0.2, -0.15) is 0 Å². The van der Waals surface area contributed by atoms with E-state index in [-0.39, 0.29) is 0 Å². The van der Waals surface area contributed by atoms with Gasteiger partial charge in [-0.1, -0.05) is 42.5 Å². The molecule has 0 amide bonds. The summed E-state index contributed by atoms with van der Waals surface area (Å²) < 4.78 is 5.96. The largest absolute Gasteiger partial charge is 0.453 e. The molecular weight excluding hydrogens is 246 g/mol. The topological polar surface area (TPSA) is 12.5 Å². The SMILES string of the molecule is [c]1cccc2c1N(c1ccccc1)c1ccccc1O2. The van der Waals surface area contributed by atoms with Crippen LogP contribution in [0.5, 0.6) is 11.5 Å². The van der Waals surface area contributed by atoms with Crippen molar-refractivity contribution in [3.05, 3.63) is 78.9 Å². The number of ether oxygens (including phenoxy) is 1. The first-order chi connectivity index (χ1) is 9.93. The summed E-state index contributed by atoms with van der Waals surface area (Å²) in [6.07, 6.45) is 0. The van der Waals surface area contributed by atoms with Gasteiger partial charge >= 0.3 is 0 Å². The maximum Gasteiger partial charge on any atom is 0.152 e. The van der Waals surface area contributed by atoms with Crippen LogP contribution in [0.4, 0.5) is 17.1 Å². The zero-order valence-corrected chi connectivity index (χ0v) is 10.8. The first-order valence-corrected chi connectivity index (χ1v) is 6.56. The van der Waals surface area contributed by atoms with Crippen molar-refractivity contribution in [2.24, 2.45) is 0 Å². The molecule has 0 atom stereocenters. The van der Waals surface area contributed by atoms with Gasteiger partial charge < -0.3 is 9.64 Å². The highest BCUT2D eigenvalue weighted by atomic mass is 16.5. The highest BCUT2D eigenvalue weighted by Crippen LogP contribution is 2.49. The Kier molecular flexibility index (Phi) is 2.46. The molecule has 4 rings (SSSR count). The molecule has 1 aliphatic heterocycles. The monoisotopic (exact) mass is 258 g/mol. The van der Waals surface area contributed by atoms with Crippen molar-refractivity contribution in [1.29, 1.82) is 0 Å². The standard InChI is InChI=1S/C18H12NO/c1-2-8-14(9-3-1)19-15-10-4-6-12-17(15)20-18-13-7-5-11-16(18)19/h1-10,12-13H. The van der Waals surface area contributed by atoms with Crippen molar-refractivity contribution >= 4 is 17.1 Å². The molecule has 0 spiro atoms. The van der Waals surface area contributed by atoms with Crippen LogP contribution < -0.4 is 9.64 Å². The van der Waals surface area contributed by atoms with E-state index in [1.165, 1.54) is 0 Å². The third kappa shape index (κ3) is 1.66. The molecule has 2 heteroatoms. The quantitative estimate of drug-likeness (QED) is 0.473. The minimum atomic E-state index is 0.829. The average molecular weight is 258 g/mol. The summed E-state index contributed by atoms with van der Waals surface area (Å²) in [6.45, 7) is 0. The molecule has 0 saturated carbocycles. The molecule has 0 fully saturated rings. The summed E-state index contributed by atoms with van der Waals surface area (Å²) >= 11 is 0. The fourth-order valence-corrected chi connectivity index (χ4v) is 2.48. The molecule has 3 aromatic rings. The molecule has 2 nitrogen and oxygen atoms in total. The van der Waals surface area contributed by atoms with E-state index >= 15 is 0 Å². The number of rotatable bonds is 1. The van der Waals surface area contributed by atoms with Crippen LogP contribution in [0.2, 0.25) is 0 Å². The summed E-state index contributed by atoms with van der Waals surface area (Å²) in [5.41, 5.74) is 3.08. The van der Waals surface area contributed by atoms with Gasteiger partial charge in [-0.3, -0.25) is 0 Å². The van der Waals surface area contributed by atoms with Crippen LogP contribution in [-0.4, -0.2) is 0 Å². The molecule has 1 heterocycles. The summed E-state index contributed by atoms with van der Waals surface area (Å²) in [7, 11) is 0. The molecule has 0 aliphatic carbocycles. The Morgan fingerprint density at radius 1 is 0.750 bits per heavy atom. The van der Waals surface area contributed by atoms with E-state index in [1.807, 2.05) is 54.6 Å². The lowest BCUT2D eigenvalue weighted by molar-refractivity contribution is 0.477. The van der Waals surface area contributed by atoms with Gasteiger partial charge in [-0.25, -0.2) is 0 Å². The van der Waals surface area contributed by atoms with Gasteiger partial charge in [0, 0.05) is 11.8 Å². The van der Waals surface area contributed by atoms with E-state index in [1.54, 1.807) is 0 Å². The average Bonchev–Trinajstić information content (AvgIpc) is 2.53. The lowest BCUT2D eigenvalue weighted by Crippen LogP contribution is -2.15. The first-order valence-electron chi connectivity index (χ1n) is 6.56. The van der Waals surface area contributed by atoms with Gasteiger partial charge in [0.1, 0.15) is 0 Å². The molecule has 3 aromatic carbocycles. The van der Waals surface area contributed by atoms with E-state index in [0.29, 0.717) is 0 Å². The number of anilines is 3. The molecule has 95 valence electrons. The molecule has 0 aromatic heterocycles. The van der Waals surface area contributed by atoms with E-state index in [9.17, 15) is 0 Å². The van der Waals surface area contributed by atoms with Crippen molar-refractivity contribution in [1.82, 2.24) is 0 Å². The second kappa shape index (κ2) is 4.42. The lowest BCUT2D eigenvalue weighted by Gasteiger charge is -2.32. The smallest absolute Gasteiger partial charge is 0.152 e. The van der Waals surface area contributed by atoms with Gasteiger partial charge in [-0.15, -0.1) is 0 Å². The number of hydrogen-bond acceptors (Lipinski definition) is 2. The fraction of sp³-hybridized carbons (Fsp3) is 0. The van der Waals surface area contributed by atoms with Gasteiger partial charge in [0.25, 0.3) is 0 Å². The van der Waals surface area contributed by atoms with Crippen LogP contribution in [0, 0.1) is 6.07 Å². The van der Waals surface area contributed by atoms with Crippen LogP contribution in [0.25, 0.3) is 0 Å². The molecule has 1 radical (unpaired) electrons. The first kappa shape index (κ1) is 11.1. The Morgan fingerprint density at radius 3 is 2.40 bits per heavy atom. The van der Waals surface area contributed by atoms with E-state index in [2.05, 4.69) is 29.2 Å². The molecule has 1 aliphatic rings. The third-order valence-electron chi connectivity index (χ3n) is 3.36. The highest BCUT2D eigenvalue weighted by Gasteiger charge is 2.24. The highest BCUT2D eigenvalue weighted by molar-refractivity contribution is 5.85. The summed E-state index contributed by atoms with van der Waals surface area (Å²) in [5, 5.41) is 0. The minimum Gasteiger partial charge on any atom is -0.453 e. The maximum atomic E-state index is 5.96. The normalized spacial score (nSPS) is 12.3. The van der Waals surface area contributed by atoms with Gasteiger partial charge in [0.2, 0.25) is 0 Å². The lowest BCUT2D eigenvalue weighted by atomic mass is 10.1. The Labute approximate surface area is 117 Å². The molecule has 0 N–H and O–H groups in total. The number of hydrogen-bond donors (Lipinski definition) is 0. The number of benzene rings is 3. The van der Waals surface area contributed by atoms with Gasteiger partial charge in [0.15, 0.2) is 11.5 Å². The van der Waals surface area contributed by atoms with Crippen LogP contribution in [0.3, 0.4) is 0 Å². The zero-order valence-electron chi connectivity index (χ0n) is 10.8. The molecule has 0 unspecified atom stereocenters. The van der Waals surface area contributed by atoms with E-state index in [0.717, 1.165) is 28.6 Å². The Balaban J connectivity index is 1.98. The van der Waals surface area contributed by atoms with Crippen molar-refractivity contribution < 1.29 is 4.74 Å². The van der Waals surface area contributed by atoms with Crippen molar-refractivity contribution in [3.63, 3.8) is 0 Å². The van der Waals surface area contributed by atoms with Crippen LogP contribution >= 0.6 is 0 Å². The molecule has 20 heavy (non-hydrogen) atoms. The third-order valence-corrected chi connectivity index (χ3v) is 3.36. The van der Waals surface area contributed by atoms with Crippen molar-refractivity contribution in [2.45, 2.75) is 0 Å². The fourth-order valence-electron chi connectivity index (χ4n) is 2.48. The van der Waals surface area contributed by atoms with Crippen molar-refractivity contribution in [3.8, 4) is 11.5 Å². The second-order valence-corrected chi connectivity index (χ2v) is 4.62. The Hall–Kier alpha value is -2.74. The summed E-state index contributed by atoms with van der Waals surface area (Å²) in [4.78, 5) is 2.17. The molecule has 0 bridgehead atoms. The summed E-state index contributed by atoms with van der Waals surface area (Å²) in [6, 6.07) is 27.4. The van der Waals surface area contributed by atoms with E-state index < -0.39 is 0 Å². The Morgan fingerprint density at radius 2 is 1.50 bits per heavy atom. The number of fused-ring (bicyclic) bond motifs is 2. The van der Waals surface area contributed by atoms with Crippen LogP contribution in [0.15, 0.2) is 72.8 Å². The van der Waals surface area contributed by atoms with Crippen LogP contribution in [0.1, 0.15) is 0 Å². The molecular formula is C18H12NO. The van der Waals surface area contributed by atoms with Crippen molar-refractivity contribution in [2.75, 3.05) is 4.90 Å². The predicted molar refractivity (Wildman–Crippen MR) is 80.0 cm³/mol. The summed E-state index contributed by atoms with van der Waals surface area (Å²) in [5.74, 6) is 1.69. The minimum absolute atomic E-state index is 0.829. The number of para-hydroxylation sites is 4. The maximum absolute atomic E-state index is 5.96. The second-order valence-electron chi connectivity index (χ2n) is 4.62. The Bertz CT molecular complexity index is 707. The van der Waals surface area contributed by atoms with Gasteiger partial charge in [-0.05, 0) is 30.3 Å². The molecule has 0 saturated heterocycles. The number of nitrogens with zero attached hydrogens (tertiary/aromatic N) is 1. The predicted octanol–water partition coefficient (Wildman–Crippen LogP) is 5.06.